The van der Waals surface area contributed by atoms with Crippen molar-refractivity contribution in [2.24, 2.45) is 5.73 Å². The highest BCUT2D eigenvalue weighted by Gasteiger charge is 2.34. The van der Waals surface area contributed by atoms with Crippen LogP contribution in [-0.4, -0.2) is 40.2 Å². The molecule has 2 heterocycles. The number of hydrogen-bond acceptors (Lipinski definition) is 4. The lowest BCUT2D eigenvalue weighted by Gasteiger charge is -2.39. The van der Waals surface area contributed by atoms with Gasteiger partial charge >= 0.3 is 6.09 Å². The Morgan fingerprint density at radius 1 is 1.38 bits per heavy atom. The third-order valence-electron chi connectivity index (χ3n) is 3.67. The second kappa shape index (κ2) is 6.02. The van der Waals surface area contributed by atoms with Gasteiger partial charge in [-0.25, -0.2) is 4.79 Å². The fraction of sp³-hybridized carbons (Fsp3) is 0.625. The van der Waals surface area contributed by atoms with Crippen LogP contribution in [0.2, 0.25) is 0 Å². The van der Waals surface area contributed by atoms with Crippen LogP contribution in [0.5, 0.6) is 0 Å². The minimum atomic E-state index is -0.456. The Hall–Kier alpha value is -1.62. The van der Waals surface area contributed by atoms with E-state index in [0.717, 1.165) is 25.0 Å². The molecule has 1 aliphatic rings. The van der Waals surface area contributed by atoms with Crippen molar-refractivity contribution in [1.82, 2.24) is 9.88 Å². The van der Waals surface area contributed by atoms with E-state index in [4.69, 9.17) is 10.5 Å². The van der Waals surface area contributed by atoms with Gasteiger partial charge in [-0.05, 0) is 45.7 Å². The van der Waals surface area contributed by atoms with Crippen molar-refractivity contribution >= 4 is 6.09 Å². The van der Waals surface area contributed by atoms with Crippen molar-refractivity contribution in [2.45, 2.75) is 51.2 Å². The molecule has 0 aromatic carbocycles. The molecule has 2 rings (SSSR count). The van der Waals surface area contributed by atoms with Crippen LogP contribution in [0.15, 0.2) is 24.4 Å². The summed E-state index contributed by atoms with van der Waals surface area (Å²) in [4.78, 5) is 18.1. The van der Waals surface area contributed by atoms with Crippen LogP contribution in [0.4, 0.5) is 4.79 Å². The fourth-order valence-corrected chi connectivity index (χ4v) is 2.50. The van der Waals surface area contributed by atoms with E-state index in [1.807, 2.05) is 39.0 Å². The summed E-state index contributed by atoms with van der Waals surface area (Å²) >= 11 is 0. The van der Waals surface area contributed by atoms with Gasteiger partial charge in [-0.3, -0.25) is 4.98 Å². The highest BCUT2D eigenvalue weighted by Crippen LogP contribution is 2.24. The Morgan fingerprint density at radius 3 is 2.57 bits per heavy atom. The van der Waals surface area contributed by atoms with Gasteiger partial charge in [0.2, 0.25) is 0 Å². The number of piperidine rings is 1. The predicted molar refractivity (Wildman–Crippen MR) is 81.9 cm³/mol. The molecule has 0 atom stereocenters. The smallest absolute Gasteiger partial charge is 0.410 e. The molecule has 116 valence electrons. The number of rotatable bonds is 2. The molecule has 2 N–H and O–H groups in total. The Balaban J connectivity index is 1.89. The van der Waals surface area contributed by atoms with Gasteiger partial charge in [0.05, 0.1) is 0 Å². The van der Waals surface area contributed by atoms with Crippen LogP contribution in [0, 0.1) is 0 Å². The second-order valence-electron chi connectivity index (χ2n) is 6.83. The van der Waals surface area contributed by atoms with Crippen molar-refractivity contribution in [3.05, 3.63) is 30.1 Å². The molecule has 1 aromatic rings. The van der Waals surface area contributed by atoms with Crippen LogP contribution in [0.25, 0.3) is 0 Å². The third-order valence-corrected chi connectivity index (χ3v) is 3.67. The third kappa shape index (κ3) is 4.70. The minimum Gasteiger partial charge on any atom is -0.444 e. The van der Waals surface area contributed by atoms with E-state index in [9.17, 15) is 4.79 Å². The van der Waals surface area contributed by atoms with Crippen LogP contribution >= 0.6 is 0 Å². The maximum atomic E-state index is 12.0. The van der Waals surface area contributed by atoms with Crippen LogP contribution < -0.4 is 5.73 Å². The molecular weight excluding hydrogens is 266 g/mol. The summed E-state index contributed by atoms with van der Waals surface area (Å²) in [6, 6.07) is 5.87. The molecule has 0 radical (unpaired) electrons. The summed E-state index contributed by atoms with van der Waals surface area (Å²) in [7, 11) is 0. The Bertz CT molecular complexity index is 474. The zero-order chi connectivity index (χ0) is 15.5. The molecule has 1 aromatic heterocycles. The summed E-state index contributed by atoms with van der Waals surface area (Å²) in [6.45, 7) is 6.91. The van der Waals surface area contributed by atoms with Crippen LogP contribution in [0.1, 0.15) is 39.3 Å². The standard InChI is InChI=1S/C16H25N3O2/c1-15(2,3)21-14(20)19-10-7-16(17,8-11-19)12-13-6-4-5-9-18-13/h4-6,9H,7-8,10-12,17H2,1-3H3. The number of nitrogens with two attached hydrogens (primary N) is 1. The van der Waals surface area contributed by atoms with Gasteiger partial charge in [-0.15, -0.1) is 0 Å². The molecule has 1 amide bonds. The van der Waals surface area contributed by atoms with Gasteiger partial charge in [-0.1, -0.05) is 6.07 Å². The SMILES string of the molecule is CC(C)(C)OC(=O)N1CCC(N)(Cc2ccccn2)CC1. The zero-order valence-corrected chi connectivity index (χ0v) is 13.1. The number of hydrogen-bond donors (Lipinski definition) is 1. The molecule has 0 bridgehead atoms. The normalized spacial score (nSPS) is 18.4. The van der Waals surface area contributed by atoms with E-state index < -0.39 is 5.60 Å². The number of pyridine rings is 1. The number of carbonyl (C=O) groups excluding carboxylic acids is 1. The van der Waals surface area contributed by atoms with Crippen molar-refractivity contribution in [3.63, 3.8) is 0 Å². The van der Waals surface area contributed by atoms with Crippen molar-refractivity contribution in [3.8, 4) is 0 Å². The van der Waals surface area contributed by atoms with Gasteiger partial charge in [-0.2, -0.15) is 0 Å². The van der Waals surface area contributed by atoms with E-state index in [-0.39, 0.29) is 11.6 Å². The number of ether oxygens (including phenoxy) is 1. The summed E-state index contributed by atoms with van der Waals surface area (Å²) < 4.78 is 5.40. The Labute approximate surface area is 126 Å². The number of nitrogens with zero attached hydrogens (tertiary/aromatic N) is 2. The Kier molecular flexibility index (Phi) is 4.52. The molecule has 1 fully saturated rings. The molecule has 1 aliphatic heterocycles. The lowest BCUT2D eigenvalue weighted by molar-refractivity contribution is 0.0168. The number of carbonyl (C=O) groups is 1. The highest BCUT2D eigenvalue weighted by atomic mass is 16.6. The Morgan fingerprint density at radius 2 is 2.05 bits per heavy atom. The monoisotopic (exact) mass is 291 g/mol. The number of likely N-dealkylation sites (tertiary alicyclic amines) is 1. The number of amides is 1. The van der Waals surface area contributed by atoms with E-state index in [0.29, 0.717) is 13.1 Å². The predicted octanol–water partition coefficient (Wildman–Crippen LogP) is 2.35. The molecule has 5 nitrogen and oxygen atoms in total. The molecule has 0 aliphatic carbocycles. The van der Waals surface area contributed by atoms with E-state index in [2.05, 4.69) is 4.98 Å². The van der Waals surface area contributed by atoms with Crippen LogP contribution in [-0.2, 0) is 11.2 Å². The first-order valence-electron chi connectivity index (χ1n) is 7.44. The minimum absolute atomic E-state index is 0.248. The van der Waals surface area contributed by atoms with Crippen molar-refractivity contribution in [2.75, 3.05) is 13.1 Å². The van der Waals surface area contributed by atoms with Crippen molar-refractivity contribution in [1.29, 1.82) is 0 Å². The van der Waals surface area contributed by atoms with E-state index in [1.165, 1.54) is 0 Å². The van der Waals surface area contributed by atoms with E-state index in [1.54, 1.807) is 11.1 Å². The van der Waals surface area contributed by atoms with Gasteiger partial charge in [0.25, 0.3) is 0 Å². The molecule has 0 unspecified atom stereocenters. The van der Waals surface area contributed by atoms with Crippen molar-refractivity contribution < 1.29 is 9.53 Å². The molecule has 0 saturated carbocycles. The van der Waals surface area contributed by atoms with E-state index >= 15 is 0 Å². The van der Waals surface area contributed by atoms with Gasteiger partial charge < -0.3 is 15.4 Å². The summed E-state index contributed by atoms with van der Waals surface area (Å²) in [5.74, 6) is 0. The summed E-state index contributed by atoms with van der Waals surface area (Å²) in [6.07, 6.45) is 3.82. The maximum absolute atomic E-state index is 12.0. The quantitative estimate of drug-likeness (QED) is 0.908. The average Bonchev–Trinajstić information content (AvgIpc) is 2.38. The lowest BCUT2D eigenvalue weighted by atomic mass is 9.84. The highest BCUT2D eigenvalue weighted by molar-refractivity contribution is 5.68. The molecule has 1 saturated heterocycles. The topological polar surface area (TPSA) is 68.5 Å². The summed E-state index contributed by atoms with van der Waals surface area (Å²) in [5.41, 5.74) is 6.73. The molecule has 0 spiro atoms. The molecular formula is C16H25N3O2. The largest absolute Gasteiger partial charge is 0.444 e. The zero-order valence-electron chi connectivity index (χ0n) is 13.1. The second-order valence-corrected chi connectivity index (χ2v) is 6.83. The first-order chi connectivity index (χ1) is 9.77. The summed E-state index contributed by atoms with van der Waals surface area (Å²) in [5, 5.41) is 0. The average molecular weight is 291 g/mol. The van der Waals surface area contributed by atoms with Crippen LogP contribution in [0.3, 0.4) is 0 Å². The van der Waals surface area contributed by atoms with Gasteiger partial charge in [0, 0.05) is 36.9 Å². The van der Waals surface area contributed by atoms with Gasteiger partial charge in [0.15, 0.2) is 0 Å². The lowest BCUT2D eigenvalue weighted by Crippen LogP contribution is -2.53. The first kappa shape index (κ1) is 15.8. The first-order valence-corrected chi connectivity index (χ1v) is 7.44. The molecule has 21 heavy (non-hydrogen) atoms. The van der Waals surface area contributed by atoms with Gasteiger partial charge in [0.1, 0.15) is 5.60 Å². The maximum Gasteiger partial charge on any atom is 0.410 e. The number of aromatic nitrogens is 1. The molecule has 5 heteroatoms. The fourth-order valence-electron chi connectivity index (χ4n) is 2.50.